The molecule has 0 spiro atoms. The topological polar surface area (TPSA) is 12.9 Å². The lowest BCUT2D eigenvalue weighted by atomic mass is 10.1. The number of thiophene rings is 1. The van der Waals surface area contributed by atoms with Crippen molar-refractivity contribution < 1.29 is 0 Å². The van der Waals surface area contributed by atoms with Gasteiger partial charge in [0.15, 0.2) is 0 Å². The SMILES string of the molecule is Clc1cc(C(Cl)Cc2ccncc2Cl)c(Cl)s1. The lowest BCUT2D eigenvalue weighted by molar-refractivity contribution is 0.922. The van der Waals surface area contributed by atoms with E-state index in [0.29, 0.717) is 20.1 Å². The number of halogens is 4. The lowest BCUT2D eigenvalue weighted by Gasteiger charge is -2.09. The van der Waals surface area contributed by atoms with Gasteiger partial charge in [0.05, 0.1) is 19.1 Å². The first-order valence-corrected chi connectivity index (χ1v) is 7.14. The third-order valence-corrected chi connectivity index (χ3v) is 4.52. The van der Waals surface area contributed by atoms with E-state index in [0.717, 1.165) is 11.1 Å². The van der Waals surface area contributed by atoms with Crippen LogP contribution in [-0.4, -0.2) is 4.98 Å². The van der Waals surface area contributed by atoms with Gasteiger partial charge in [0.1, 0.15) is 0 Å². The fourth-order valence-corrected chi connectivity index (χ4v) is 3.67. The highest BCUT2D eigenvalue weighted by Crippen LogP contribution is 2.39. The summed E-state index contributed by atoms with van der Waals surface area (Å²) in [6, 6.07) is 3.64. The van der Waals surface area contributed by atoms with Gasteiger partial charge in [0, 0.05) is 18.0 Å². The molecule has 6 heteroatoms. The van der Waals surface area contributed by atoms with E-state index in [1.165, 1.54) is 11.3 Å². The van der Waals surface area contributed by atoms with E-state index in [-0.39, 0.29) is 5.38 Å². The van der Waals surface area contributed by atoms with Crippen LogP contribution >= 0.6 is 57.7 Å². The maximum absolute atomic E-state index is 6.32. The molecule has 2 heterocycles. The fraction of sp³-hybridized carbons (Fsp3) is 0.182. The van der Waals surface area contributed by atoms with Crippen LogP contribution in [0.25, 0.3) is 0 Å². The van der Waals surface area contributed by atoms with E-state index < -0.39 is 0 Å². The summed E-state index contributed by atoms with van der Waals surface area (Å²) in [5, 5.41) is 0.363. The molecule has 90 valence electrons. The Morgan fingerprint density at radius 1 is 1.29 bits per heavy atom. The number of rotatable bonds is 3. The van der Waals surface area contributed by atoms with Crippen LogP contribution < -0.4 is 0 Å². The normalized spacial score (nSPS) is 12.7. The van der Waals surface area contributed by atoms with Crippen molar-refractivity contribution >= 4 is 57.7 Å². The first-order valence-electron chi connectivity index (χ1n) is 4.75. The maximum Gasteiger partial charge on any atom is 0.0991 e. The Kier molecular flexibility index (Phi) is 4.56. The van der Waals surface area contributed by atoms with Crippen LogP contribution in [0.5, 0.6) is 0 Å². The molecule has 2 rings (SSSR count). The summed E-state index contributed by atoms with van der Waals surface area (Å²) in [5.74, 6) is 0. The molecule has 0 N–H and O–H groups in total. The quantitative estimate of drug-likeness (QED) is 0.666. The number of hydrogen-bond acceptors (Lipinski definition) is 2. The highest BCUT2D eigenvalue weighted by Gasteiger charge is 2.16. The first kappa shape index (κ1) is 13.4. The summed E-state index contributed by atoms with van der Waals surface area (Å²) >= 11 is 25.6. The predicted octanol–water partition coefficient (Wildman–Crippen LogP) is 5.63. The Hall–Kier alpha value is 0.01000. The molecular formula is C11H7Cl4NS. The molecule has 17 heavy (non-hydrogen) atoms. The number of aromatic nitrogens is 1. The second-order valence-electron chi connectivity index (χ2n) is 3.42. The van der Waals surface area contributed by atoms with Crippen LogP contribution in [0.3, 0.4) is 0 Å². The molecule has 0 saturated heterocycles. The molecule has 0 radical (unpaired) electrons. The fourth-order valence-electron chi connectivity index (χ4n) is 1.44. The van der Waals surface area contributed by atoms with Gasteiger partial charge < -0.3 is 0 Å². The van der Waals surface area contributed by atoms with Crippen molar-refractivity contribution in [3.63, 3.8) is 0 Å². The Morgan fingerprint density at radius 3 is 2.65 bits per heavy atom. The second kappa shape index (κ2) is 5.77. The van der Waals surface area contributed by atoms with Gasteiger partial charge in [0.2, 0.25) is 0 Å². The van der Waals surface area contributed by atoms with Gasteiger partial charge in [-0.15, -0.1) is 22.9 Å². The van der Waals surface area contributed by atoms with Gasteiger partial charge in [-0.25, -0.2) is 0 Å². The number of pyridine rings is 1. The van der Waals surface area contributed by atoms with Gasteiger partial charge in [-0.2, -0.15) is 0 Å². The molecule has 0 aliphatic carbocycles. The minimum absolute atomic E-state index is 0.244. The number of hydrogen-bond donors (Lipinski definition) is 0. The van der Waals surface area contributed by atoms with Crippen molar-refractivity contribution in [1.82, 2.24) is 4.98 Å². The van der Waals surface area contributed by atoms with Gasteiger partial charge in [-0.3, -0.25) is 4.98 Å². The van der Waals surface area contributed by atoms with Crippen molar-refractivity contribution in [2.24, 2.45) is 0 Å². The number of alkyl halides is 1. The smallest absolute Gasteiger partial charge is 0.0991 e. The van der Waals surface area contributed by atoms with Crippen molar-refractivity contribution in [3.8, 4) is 0 Å². The van der Waals surface area contributed by atoms with Crippen LogP contribution in [0.2, 0.25) is 13.7 Å². The minimum Gasteiger partial charge on any atom is -0.263 e. The lowest BCUT2D eigenvalue weighted by Crippen LogP contribution is -1.96. The molecule has 0 aromatic carbocycles. The molecule has 0 fully saturated rings. The minimum atomic E-state index is -0.244. The molecule has 2 aromatic heterocycles. The van der Waals surface area contributed by atoms with Gasteiger partial charge in [-0.05, 0) is 24.1 Å². The summed E-state index contributed by atoms with van der Waals surface area (Å²) < 4.78 is 1.26. The van der Waals surface area contributed by atoms with Crippen molar-refractivity contribution in [2.75, 3.05) is 0 Å². The molecule has 2 aromatic rings. The molecule has 1 nitrogen and oxygen atoms in total. The van der Waals surface area contributed by atoms with E-state index >= 15 is 0 Å². The maximum atomic E-state index is 6.32. The zero-order valence-electron chi connectivity index (χ0n) is 8.46. The molecule has 0 aliphatic rings. The summed E-state index contributed by atoms with van der Waals surface area (Å²) in [6.07, 6.45) is 3.88. The van der Waals surface area contributed by atoms with Crippen LogP contribution in [0.15, 0.2) is 24.5 Å². The highest BCUT2D eigenvalue weighted by molar-refractivity contribution is 7.20. The highest BCUT2D eigenvalue weighted by atomic mass is 35.5. The van der Waals surface area contributed by atoms with Gasteiger partial charge >= 0.3 is 0 Å². The Bertz CT molecular complexity index is 526. The summed E-state index contributed by atoms with van der Waals surface area (Å²) in [6.45, 7) is 0. The predicted molar refractivity (Wildman–Crippen MR) is 75.9 cm³/mol. The molecular weight excluding hydrogens is 320 g/mol. The van der Waals surface area contributed by atoms with E-state index in [9.17, 15) is 0 Å². The molecule has 0 amide bonds. The van der Waals surface area contributed by atoms with Crippen LogP contribution in [0.1, 0.15) is 16.5 Å². The summed E-state index contributed by atoms with van der Waals surface area (Å²) in [4.78, 5) is 3.93. The zero-order chi connectivity index (χ0) is 12.4. The molecule has 0 saturated carbocycles. The van der Waals surface area contributed by atoms with E-state index in [4.69, 9.17) is 46.4 Å². The Balaban J connectivity index is 2.20. The third kappa shape index (κ3) is 3.27. The van der Waals surface area contributed by atoms with Crippen molar-refractivity contribution in [3.05, 3.63) is 49.3 Å². The largest absolute Gasteiger partial charge is 0.263 e. The van der Waals surface area contributed by atoms with E-state index in [1.54, 1.807) is 18.5 Å². The van der Waals surface area contributed by atoms with Gasteiger partial charge in [0.25, 0.3) is 0 Å². The van der Waals surface area contributed by atoms with Crippen molar-refractivity contribution in [2.45, 2.75) is 11.8 Å². The Labute approximate surface area is 123 Å². The third-order valence-electron chi connectivity index (χ3n) is 2.28. The molecule has 0 aliphatic heterocycles. The molecule has 0 bridgehead atoms. The first-order chi connectivity index (χ1) is 8.08. The van der Waals surface area contributed by atoms with Crippen LogP contribution in [0.4, 0.5) is 0 Å². The van der Waals surface area contributed by atoms with Gasteiger partial charge in [-0.1, -0.05) is 34.8 Å². The van der Waals surface area contributed by atoms with E-state index in [1.807, 2.05) is 6.07 Å². The average Bonchev–Trinajstić information content (AvgIpc) is 2.61. The standard InChI is InChI=1S/C11H7Cl4NS/c12-8(7-4-10(14)17-11(7)15)3-6-1-2-16-5-9(6)13/h1-2,4-5,8H,3H2. The Morgan fingerprint density at radius 2 is 2.06 bits per heavy atom. The summed E-state index contributed by atoms with van der Waals surface area (Å²) in [5.41, 5.74) is 1.79. The number of nitrogens with zero attached hydrogens (tertiary/aromatic N) is 1. The second-order valence-corrected chi connectivity index (χ2v) is 6.64. The monoisotopic (exact) mass is 325 g/mol. The van der Waals surface area contributed by atoms with E-state index in [2.05, 4.69) is 4.98 Å². The molecule has 1 atom stereocenters. The zero-order valence-corrected chi connectivity index (χ0v) is 12.3. The van der Waals surface area contributed by atoms with Crippen molar-refractivity contribution in [1.29, 1.82) is 0 Å². The average molecular weight is 327 g/mol. The molecule has 1 unspecified atom stereocenters. The van der Waals surface area contributed by atoms with Crippen LogP contribution in [0, 0.1) is 0 Å². The van der Waals surface area contributed by atoms with Crippen LogP contribution in [-0.2, 0) is 6.42 Å². The summed E-state index contributed by atoms with van der Waals surface area (Å²) in [7, 11) is 0.